The topological polar surface area (TPSA) is 53.8 Å². The van der Waals surface area contributed by atoms with E-state index in [-0.39, 0.29) is 10.6 Å². The highest BCUT2D eigenvalue weighted by atomic mass is 32.2. The van der Waals surface area contributed by atoms with Crippen molar-refractivity contribution in [2.75, 3.05) is 0 Å². The highest BCUT2D eigenvalue weighted by molar-refractivity contribution is 8.14. The summed E-state index contributed by atoms with van der Waals surface area (Å²) in [5, 5.41) is 8.46. The number of benzene rings is 1. The number of thioether (sulfide) groups is 1. The summed E-state index contributed by atoms with van der Waals surface area (Å²) in [6.45, 7) is 3.43. The Bertz CT molecular complexity index is 749. The standard InChI is InChI=1S/C15H10F2N2OS/c1-8-6-9(2)19-14(10(8)7-18)21-15(20)13-11(16)4-3-5-12(13)17/h3-6H,1-2H3. The molecular weight excluding hydrogens is 294 g/mol. The summed E-state index contributed by atoms with van der Waals surface area (Å²) in [6, 6.07) is 6.86. The van der Waals surface area contributed by atoms with Crippen LogP contribution in [0, 0.1) is 36.8 Å². The summed E-state index contributed by atoms with van der Waals surface area (Å²) in [7, 11) is 0. The second-order valence-electron chi connectivity index (χ2n) is 4.36. The smallest absolute Gasteiger partial charge is 0.231 e. The van der Waals surface area contributed by atoms with Crippen LogP contribution < -0.4 is 0 Å². The minimum atomic E-state index is -0.935. The van der Waals surface area contributed by atoms with Gasteiger partial charge in [-0.2, -0.15) is 5.26 Å². The molecule has 0 saturated heterocycles. The molecular formula is C15H10F2N2OS. The van der Waals surface area contributed by atoms with Gasteiger partial charge in [0.2, 0.25) is 5.12 Å². The number of carbonyl (C=O) groups is 1. The minimum Gasteiger partial charge on any atom is -0.281 e. The van der Waals surface area contributed by atoms with Crippen LogP contribution in [0.25, 0.3) is 0 Å². The van der Waals surface area contributed by atoms with Gasteiger partial charge in [0.25, 0.3) is 0 Å². The van der Waals surface area contributed by atoms with Crippen molar-refractivity contribution in [2.24, 2.45) is 0 Å². The molecule has 0 aliphatic rings. The average molecular weight is 304 g/mol. The quantitative estimate of drug-likeness (QED) is 0.792. The number of nitrogens with zero attached hydrogens (tertiary/aromatic N) is 2. The van der Waals surface area contributed by atoms with E-state index in [9.17, 15) is 13.6 Å². The summed E-state index contributed by atoms with van der Waals surface area (Å²) in [4.78, 5) is 16.2. The van der Waals surface area contributed by atoms with Crippen LogP contribution in [0.1, 0.15) is 27.2 Å². The van der Waals surface area contributed by atoms with E-state index in [1.54, 1.807) is 19.9 Å². The Morgan fingerprint density at radius 3 is 2.48 bits per heavy atom. The van der Waals surface area contributed by atoms with Crippen molar-refractivity contribution in [3.63, 3.8) is 0 Å². The number of halogens is 2. The Kier molecular flexibility index (Phi) is 4.34. The van der Waals surface area contributed by atoms with Gasteiger partial charge >= 0.3 is 0 Å². The van der Waals surface area contributed by atoms with Crippen LogP contribution in [0.15, 0.2) is 29.3 Å². The third-order valence-electron chi connectivity index (χ3n) is 2.78. The highest BCUT2D eigenvalue weighted by Crippen LogP contribution is 2.28. The van der Waals surface area contributed by atoms with E-state index in [0.717, 1.165) is 12.1 Å². The first-order chi connectivity index (χ1) is 9.93. The van der Waals surface area contributed by atoms with Gasteiger partial charge in [-0.05, 0) is 49.4 Å². The van der Waals surface area contributed by atoms with Gasteiger partial charge < -0.3 is 0 Å². The van der Waals surface area contributed by atoms with E-state index < -0.39 is 22.3 Å². The zero-order valence-electron chi connectivity index (χ0n) is 11.3. The number of rotatable bonds is 2. The highest BCUT2D eigenvalue weighted by Gasteiger charge is 2.21. The predicted molar refractivity (Wildman–Crippen MR) is 75.0 cm³/mol. The zero-order valence-corrected chi connectivity index (χ0v) is 12.1. The van der Waals surface area contributed by atoms with Crippen LogP contribution in [0.4, 0.5) is 8.78 Å². The lowest BCUT2D eigenvalue weighted by atomic mass is 10.1. The van der Waals surface area contributed by atoms with E-state index in [0.29, 0.717) is 23.0 Å². The van der Waals surface area contributed by atoms with E-state index in [4.69, 9.17) is 5.26 Å². The number of carbonyl (C=O) groups excluding carboxylic acids is 1. The molecule has 0 saturated carbocycles. The van der Waals surface area contributed by atoms with Crippen LogP contribution in [0.2, 0.25) is 0 Å². The second-order valence-corrected chi connectivity index (χ2v) is 5.32. The molecule has 1 aromatic heterocycles. The number of pyridine rings is 1. The third kappa shape index (κ3) is 3.09. The van der Waals surface area contributed by atoms with E-state index in [2.05, 4.69) is 4.98 Å². The van der Waals surface area contributed by atoms with Gasteiger partial charge in [0.05, 0.1) is 5.56 Å². The lowest BCUT2D eigenvalue weighted by Crippen LogP contribution is -2.04. The lowest BCUT2D eigenvalue weighted by Gasteiger charge is -2.07. The van der Waals surface area contributed by atoms with Crippen molar-refractivity contribution < 1.29 is 13.6 Å². The Morgan fingerprint density at radius 1 is 1.29 bits per heavy atom. The molecule has 0 spiro atoms. The van der Waals surface area contributed by atoms with Gasteiger partial charge in [-0.3, -0.25) is 4.79 Å². The van der Waals surface area contributed by atoms with Crippen molar-refractivity contribution in [3.8, 4) is 6.07 Å². The van der Waals surface area contributed by atoms with Crippen LogP contribution in [-0.4, -0.2) is 10.1 Å². The van der Waals surface area contributed by atoms with E-state index in [1.165, 1.54) is 6.07 Å². The maximum Gasteiger partial charge on any atom is 0.231 e. The van der Waals surface area contributed by atoms with Crippen LogP contribution >= 0.6 is 11.8 Å². The van der Waals surface area contributed by atoms with Gasteiger partial charge in [-0.15, -0.1) is 0 Å². The molecule has 6 heteroatoms. The van der Waals surface area contributed by atoms with E-state index >= 15 is 0 Å². The SMILES string of the molecule is Cc1cc(C)c(C#N)c(SC(=O)c2c(F)cccc2F)n1. The Morgan fingerprint density at radius 2 is 1.90 bits per heavy atom. The molecule has 0 unspecified atom stereocenters. The maximum absolute atomic E-state index is 13.6. The summed E-state index contributed by atoms with van der Waals surface area (Å²) >= 11 is 0.552. The van der Waals surface area contributed by atoms with Crippen molar-refractivity contribution >= 4 is 16.9 Å². The number of aryl methyl sites for hydroxylation is 2. The molecule has 0 bridgehead atoms. The molecule has 0 amide bonds. The van der Waals surface area contributed by atoms with Gasteiger partial charge in [0.1, 0.15) is 28.3 Å². The number of aromatic nitrogens is 1. The molecule has 21 heavy (non-hydrogen) atoms. The van der Waals surface area contributed by atoms with Crippen molar-refractivity contribution in [1.29, 1.82) is 5.26 Å². The van der Waals surface area contributed by atoms with Crippen molar-refractivity contribution in [1.82, 2.24) is 4.98 Å². The second kappa shape index (κ2) is 6.02. The van der Waals surface area contributed by atoms with Crippen molar-refractivity contribution in [2.45, 2.75) is 18.9 Å². The first-order valence-corrected chi connectivity index (χ1v) is 6.80. The molecule has 2 rings (SSSR count). The lowest BCUT2D eigenvalue weighted by molar-refractivity contribution is 0.108. The fourth-order valence-electron chi connectivity index (χ4n) is 1.84. The van der Waals surface area contributed by atoms with Crippen LogP contribution in [-0.2, 0) is 0 Å². The molecule has 3 nitrogen and oxygen atoms in total. The van der Waals surface area contributed by atoms with Crippen LogP contribution in [0.3, 0.4) is 0 Å². The average Bonchev–Trinajstić information content (AvgIpc) is 2.37. The fraction of sp³-hybridized carbons (Fsp3) is 0.133. The molecule has 0 aliphatic carbocycles. The maximum atomic E-state index is 13.6. The first kappa shape index (κ1) is 15.1. The summed E-state index contributed by atoms with van der Waals surface area (Å²) in [5.74, 6) is -1.87. The molecule has 0 atom stereocenters. The number of nitriles is 1. The molecule has 2 aromatic rings. The van der Waals surface area contributed by atoms with Gasteiger partial charge in [-0.1, -0.05) is 6.07 Å². The fourth-order valence-corrected chi connectivity index (χ4v) is 2.82. The Labute approximate surface area is 124 Å². The predicted octanol–water partition coefficient (Wildman–Crippen LogP) is 3.78. The first-order valence-electron chi connectivity index (χ1n) is 5.98. The van der Waals surface area contributed by atoms with E-state index in [1.807, 2.05) is 6.07 Å². The molecule has 1 aromatic carbocycles. The molecule has 0 N–H and O–H groups in total. The number of hydrogen-bond donors (Lipinski definition) is 0. The molecule has 0 fully saturated rings. The Balaban J connectivity index is 2.44. The largest absolute Gasteiger partial charge is 0.281 e. The zero-order chi connectivity index (χ0) is 15.6. The molecule has 0 radical (unpaired) electrons. The Hall–Kier alpha value is -2.26. The van der Waals surface area contributed by atoms with Gasteiger partial charge in [-0.25, -0.2) is 13.8 Å². The molecule has 106 valence electrons. The molecule has 1 heterocycles. The normalized spacial score (nSPS) is 10.2. The molecule has 0 aliphatic heterocycles. The third-order valence-corrected chi connectivity index (χ3v) is 3.66. The summed E-state index contributed by atoms with van der Waals surface area (Å²) in [6.07, 6.45) is 0. The summed E-state index contributed by atoms with van der Waals surface area (Å²) < 4.78 is 27.2. The number of hydrogen-bond acceptors (Lipinski definition) is 4. The minimum absolute atomic E-state index is 0.155. The van der Waals surface area contributed by atoms with Gasteiger partial charge in [0.15, 0.2) is 0 Å². The summed E-state index contributed by atoms with van der Waals surface area (Å²) in [5.41, 5.74) is 0.883. The van der Waals surface area contributed by atoms with Crippen LogP contribution in [0.5, 0.6) is 0 Å². The monoisotopic (exact) mass is 304 g/mol. The van der Waals surface area contributed by atoms with Gasteiger partial charge in [0, 0.05) is 5.69 Å². The van der Waals surface area contributed by atoms with Crippen molar-refractivity contribution in [3.05, 3.63) is 58.3 Å².